The summed E-state index contributed by atoms with van der Waals surface area (Å²) >= 11 is 6.22. The number of rotatable bonds is 5. The third-order valence-electron chi connectivity index (χ3n) is 8.12. The van der Waals surface area contributed by atoms with Gasteiger partial charge in [-0.05, 0) is 43.2 Å². The number of amides is 1. The van der Waals surface area contributed by atoms with E-state index in [2.05, 4.69) is 25.6 Å². The van der Waals surface area contributed by atoms with E-state index in [1.165, 1.54) is 35.2 Å². The summed E-state index contributed by atoms with van der Waals surface area (Å²) in [5.41, 5.74) is 5.91. The minimum atomic E-state index is -4.80. The van der Waals surface area contributed by atoms with E-state index in [1.807, 2.05) is 13.0 Å². The molecule has 2 unspecified atom stereocenters. The Morgan fingerprint density at radius 2 is 1.96 bits per heavy atom. The Hall–Kier alpha value is -5.48. The molecule has 1 aromatic carbocycles. The maximum atomic E-state index is 13.8. The lowest BCUT2D eigenvalue weighted by molar-refractivity contribution is -0.119. The molecule has 6 N–H and O–H groups in total. The van der Waals surface area contributed by atoms with E-state index in [9.17, 15) is 22.8 Å². The summed E-state index contributed by atoms with van der Waals surface area (Å²) < 4.78 is 42.3. The molecule has 2 aliphatic rings. The van der Waals surface area contributed by atoms with Crippen molar-refractivity contribution in [2.75, 3.05) is 16.9 Å². The second-order valence-corrected chi connectivity index (χ2v) is 12.0. The van der Waals surface area contributed by atoms with Crippen LogP contribution < -0.4 is 32.8 Å². The molecule has 3 aromatic heterocycles. The second kappa shape index (κ2) is 13.6. The van der Waals surface area contributed by atoms with Gasteiger partial charge in [0.05, 0.1) is 41.3 Å². The number of pyridine rings is 1. The van der Waals surface area contributed by atoms with E-state index in [-0.39, 0.29) is 33.8 Å². The fraction of sp³-hybridized carbons (Fsp3) is 0.250. The number of allylic oxidation sites excluding steroid dienone is 1. The first-order valence-corrected chi connectivity index (χ1v) is 15.6. The van der Waals surface area contributed by atoms with Gasteiger partial charge in [0.2, 0.25) is 5.91 Å². The molecule has 1 amide bonds. The zero-order valence-corrected chi connectivity index (χ0v) is 26.8. The van der Waals surface area contributed by atoms with Gasteiger partial charge < -0.3 is 16.4 Å². The summed E-state index contributed by atoms with van der Waals surface area (Å²) in [5, 5.41) is 11.8. The summed E-state index contributed by atoms with van der Waals surface area (Å²) in [7, 11) is 0. The molecular formula is C32H31ClF3N11O2. The summed E-state index contributed by atoms with van der Waals surface area (Å²) in [6, 6.07) is 8.52. The van der Waals surface area contributed by atoms with Gasteiger partial charge in [0.1, 0.15) is 11.4 Å². The van der Waals surface area contributed by atoms with Crippen molar-refractivity contribution in [2.45, 2.75) is 38.4 Å². The van der Waals surface area contributed by atoms with E-state index in [0.29, 0.717) is 65.5 Å². The number of hydrazine groups is 1. The highest BCUT2D eigenvalue weighted by Crippen LogP contribution is 2.35. The molecule has 0 radical (unpaired) electrons. The zero-order valence-electron chi connectivity index (χ0n) is 26.0. The molecule has 13 nitrogen and oxygen atoms in total. The maximum Gasteiger partial charge on any atom is 0.432 e. The Morgan fingerprint density at radius 1 is 1.14 bits per heavy atom. The SMILES string of the molecule is CC1CCCC(n2cnc(-c3cc(Cl)ccc3N(N)/C=C(\N)C(F)(F)F)cc2=O)c2cc(ccn2)-c2nn(C3=CNCC=N3)cc2NC1=O. The molecule has 5 heterocycles. The fourth-order valence-electron chi connectivity index (χ4n) is 5.53. The summed E-state index contributed by atoms with van der Waals surface area (Å²) in [6.07, 6.45) is 5.38. The molecular weight excluding hydrogens is 663 g/mol. The number of hydrogen-bond donors (Lipinski definition) is 4. The van der Waals surface area contributed by atoms with E-state index in [1.54, 1.807) is 35.6 Å². The van der Waals surface area contributed by atoms with Crippen molar-refractivity contribution in [3.63, 3.8) is 0 Å². The Kier molecular flexibility index (Phi) is 9.25. The number of alkyl halides is 3. The van der Waals surface area contributed by atoms with Crippen molar-refractivity contribution < 1.29 is 18.0 Å². The number of aromatic nitrogens is 5. The van der Waals surface area contributed by atoms with Gasteiger partial charge in [-0.15, -0.1) is 0 Å². The first-order chi connectivity index (χ1) is 23.4. The third-order valence-corrected chi connectivity index (χ3v) is 8.35. The Morgan fingerprint density at radius 3 is 2.69 bits per heavy atom. The van der Waals surface area contributed by atoms with Gasteiger partial charge in [-0.25, -0.2) is 20.5 Å². The van der Waals surface area contributed by atoms with Gasteiger partial charge >= 0.3 is 6.18 Å². The van der Waals surface area contributed by atoms with Crippen molar-refractivity contribution in [3.8, 4) is 22.5 Å². The van der Waals surface area contributed by atoms with Crippen LogP contribution in [0.3, 0.4) is 0 Å². The zero-order chi connectivity index (χ0) is 34.9. The highest BCUT2D eigenvalue weighted by atomic mass is 35.5. The van der Waals surface area contributed by atoms with Crippen LogP contribution in [0.15, 0.2) is 83.0 Å². The lowest BCUT2D eigenvalue weighted by atomic mass is 9.97. The lowest BCUT2D eigenvalue weighted by Crippen LogP contribution is -2.30. The van der Waals surface area contributed by atoms with Crippen LogP contribution in [0.1, 0.15) is 37.9 Å². The van der Waals surface area contributed by atoms with Gasteiger partial charge in [0.15, 0.2) is 5.82 Å². The molecule has 2 bridgehead atoms. The fourth-order valence-corrected chi connectivity index (χ4v) is 5.71. The van der Waals surface area contributed by atoms with Crippen LogP contribution in [-0.4, -0.2) is 49.2 Å². The molecule has 0 spiro atoms. The molecule has 0 saturated carbocycles. The Labute approximate surface area is 282 Å². The van der Waals surface area contributed by atoms with Crippen LogP contribution in [0.2, 0.25) is 5.02 Å². The van der Waals surface area contributed by atoms with Gasteiger partial charge in [0.25, 0.3) is 5.56 Å². The molecule has 17 heteroatoms. The van der Waals surface area contributed by atoms with Crippen molar-refractivity contribution in [1.82, 2.24) is 29.6 Å². The van der Waals surface area contributed by atoms with Crippen molar-refractivity contribution >= 4 is 40.9 Å². The molecule has 4 aromatic rings. The summed E-state index contributed by atoms with van der Waals surface area (Å²) in [6.45, 7) is 2.42. The first kappa shape index (κ1) is 33.4. The number of carbonyl (C=O) groups is 1. The predicted molar refractivity (Wildman–Crippen MR) is 180 cm³/mol. The number of benzene rings is 1. The highest BCUT2D eigenvalue weighted by Gasteiger charge is 2.32. The van der Waals surface area contributed by atoms with Gasteiger partial charge in [-0.2, -0.15) is 18.3 Å². The largest absolute Gasteiger partial charge is 0.432 e. The molecule has 0 aliphatic carbocycles. The van der Waals surface area contributed by atoms with Crippen molar-refractivity contribution in [2.24, 2.45) is 22.5 Å². The number of nitrogens with two attached hydrogens (primary N) is 2. The third kappa shape index (κ3) is 7.19. The molecule has 0 fully saturated rings. The number of hydrogen-bond acceptors (Lipinski definition) is 10. The minimum Gasteiger partial charge on any atom is -0.393 e. The topological polar surface area (TPSA) is 174 Å². The molecule has 6 rings (SSSR count). The van der Waals surface area contributed by atoms with Crippen LogP contribution in [-0.2, 0) is 4.79 Å². The molecule has 254 valence electrons. The summed E-state index contributed by atoms with van der Waals surface area (Å²) in [4.78, 5) is 40.5. The molecule has 49 heavy (non-hydrogen) atoms. The van der Waals surface area contributed by atoms with Crippen LogP contribution in [0.25, 0.3) is 28.3 Å². The monoisotopic (exact) mass is 693 g/mol. The van der Waals surface area contributed by atoms with Crippen LogP contribution >= 0.6 is 11.6 Å². The first-order valence-electron chi connectivity index (χ1n) is 15.2. The number of carbonyl (C=O) groups excluding carboxylic acids is 1. The minimum absolute atomic E-state index is 0.0783. The second-order valence-electron chi connectivity index (χ2n) is 11.5. The quantitative estimate of drug-likeness (QED) is 0.171. The predicted octanol–water partition coefficient (Wildman–Crippen LogP) is 4.64. The van der Waals surface area contributed by atoms with Gasteiger partial charge in [0, 0.05) is 59.5 Å². The lowest BCUT2D eigenvalue weighted by Gasteiger charge is -2.22. The number of nitrogens with one attached hydrogen (secondary N) is 2. The normalized spacial score (nSPS) is 18.4. The van der Waals surface area contributed by atoms with E-state index in [0.717, 1.165) is 0 Å². The standard InChI is InChI=1S/C32H31ClF3N11O2/c1-18-3-2-4-26(23-11-19(7-8-40-23)30-24(43-31(18)49)15-47(44-30)28-14-39-9-10-41-28)45-17-42-22(13-29(45)48)21-12-20(33)5-6-25(21)46(38)16-27(37)32(34,35)36/h5-8,10-18,26,39H,2-4,9,37-38H2,1H3,(H,43,49)/b27-16-. The molecule has 0 saturated heterocycles. The molecule has 2 aliphatic heterocycles. The number of aliphatic imine (C=N–C) groups is 1. The van der Waals surface area contributed by atoms with Crippen LogP contribution in [0, 0.1) is 5.92 Å². The Balaban J connectivity index is 1.40. The van der Waals surface area contributed by atoms with Gasteiger partial charge in [-0.3, -0.25) is 24.1 Å². The average Bonchev–Trinajstić information content (AvgIpc) is 3.50. The average molecular weight is 694 g/mol. The van der Waals surface area contributed by atoms with E-state index in [4.69, 9.17) is 28.3 Å². The van der Waals surface area contributed by atoms with Crippen LogP contribution in [0.5, 0.6) is 0 Å². The number of halogens is 4. The van der Waals surface area contributed by atoms with Crippen LogP contribution in [0.4, 0.5) is 24.5 Å². The smallest absolute Gasteiger partial charge is 0.393 e. The molecule has 2 atom stereocenters. The highest BCUT2D eigenvalue weighted by molar-refractivity contribution is 6.31. The number of nitrogens with zero attached hydrogens (tertiary/aromatic N) is 7. The summed E-state index contributed by atoms with van der Waals surface area (Å²) in [5.74, 6) is 5.96. The Bertz CT molecular complexity index is 2050. The number of anilines is 2. The number of fused-ring (bicyclic) bond motifs is 4. The van der Waals surface area contributed by atoms with E-state index >= 15 is 0 Å². The van der Waals surface area contributed by atoms with E-state index < -0.39 is 23.5 Å². The van der Waals surface area contributed by atoms with Crippen molar-refractivity contribution in [1.29, 1.82) is 0 Å². The van der Waals surface area contributed by atoms with Crippen molar-refractivity contribution in [3.05, 3.63) is 94.3 Å². The van der Waals surface area contributed by atoms with Gasteiger partial charge in [-0.1, -0.05) is 24.9 Å². The maximum absolute atomic E-state index is 13.8.